The highest BCUT2D eigenvalue weighted by Crippen LogP contribution is 2.38. The van der Waals surface area contributed by atoms with Crippen LogP contribution in [-0.2, 0) is 10.8 Å². The van der Waals surface area contributed by atoms with Crippen molar-refractivity contribution in [3.8, 4) is 10.3 Å². The first-order chi connectivity index (χ1) is 15.3. The molecule has 0 aliphatic carbocycles. The third kappa shape index (κ3) is 4.53. The fourth-order valence-electron chi connectivity index (χ4n) is 2.83. The van der Waals surface area contributed by atoms with E-state index < -0.39 is 0 Å². The molecule has 0 amide bonds. The van der Waals surface area contributed by atoms with Crippen LogP contribution in [0.4, 0.5) is 17.5 Å². The molecule has 0 saturated carbocycles. The summed E-state index contributed by atoms with van der Waals surface area (Å²) >= 11 is 2.44. The minimum absolute atomic E-state index is 0.286. The third-order valence-corrected chi connectivity index (χ3v) is 6.07. The first kappa shape index (κ1) is 23.0. The molecular weight excluding hydrogens is 460 g/mol. The molecule has 0 unspecified atom stereocenters. The van der Waals surface area contributed by atoms with Crippen molar-refractivity contribution in [2.75, 3.05) is 5.73 Å². The Morgan fingerprint density at radius 1 is 0.758 bits per heavy atom. The zero-order valence-corrected chi connectivity index (χ0v) is 21.4. The lowest BCUT2D eigenvalue weighted by Crippen LogP contribution is -2.14. The van der Waals surface area contributed by atoms with Gasteiger partial charge in [0.1, 0.15) is 11.6 Å². The van der Waals surface area contributed by atoms with Gasteiger partial charge in [-0.15, -0.1) is 15.3 Å². The molecule has 0 atom stereocenters. The van der Waals surface area contributed by atoms with Crippen molar-refractivity contribution in [2.45, 2.75) is 66.2 Å². The maximum absolute atomic E-state index is 6.46. The second-order valence-electron chi connectivity index (χ2n) is 9.59. The number of rotatable bonds is 4. The highest BCUT2D eigenvalue weighted by molar-refractivity contribution is 7.08. The summed E-state index contributed by atoms with van der Waals surface area (Å²) in [7, 11) is 0. The number of hydrogen-bond acceptors (Lipinski definition) is 12. The summed E-state index contributed by atoms with van der Waals surface area (Å²) in [4.78, 5) is 13.4. The van der Waals surface area contributed by atoms with Gasteiger partial charge in [0.25, 0.3) is 5.95 Å². The van der Waals surface area contributed by atoms with Gasteiger partial charge in [0.05, 0.1) is 5.69 Å². The fourth-order valence-corrected chi connectivity index (χ4v) is 4.10. The van der Waals surface area contributed by atoms with Crippen LogP contribution in [0.3, 0.4) is 0 Å². The van der Waals surface area contributed by atoms with E-state index in [1.807, 2.05) is 55.4 Å². The summed E-state index contributed by atoms with van der Waals surface area (Å²) in [5, 5.41) is 19.4. The summed E-state index contributed by atoms with van der Waals surface area (Å²) < 4.78 is 11.6. The van der Waals surface area contributed by atoms with Crippen molar-refractivity contribution >= 4 is 40.5 Å². The molecule has 14 heteroatoms. The monoisotopic (exact) mass is 486 g/mol. The molecular formula is C19H26N12S2. The molecule has 0 aliphatic heterocycles. The van der Waals surface area contributed by atoms with Gasteiger partial charge in [-0.2, -0.15) is 28.2 Å². The summed E-state index contributed by atoms with van der Waals surface area (Å²) in [5.74, 6) is 2.54. The van der Waals surface area contributed by atoms with E-state index >= 15 is 0 Å². The number of nitrogens with zero attached hydrogens (tertiary/aromatic N) is 11. The molecule has 0 fully saturated rings. The number of nitrogen functional groups attached to an aromatic ring is 1. The van der Waals surface area contributed by atoms with Crippen molar-refractivity contribution in [1.82, 2.24) is 43.3 Å². The van der Waals surface area contributed by atoms with E-state index in [0.29, 0.717) is 44.9 Å². The van der Waals surface area contributed by atoms with Gasteiger partial charge in [0.15, 0.2) is 17.3 Å². The second-order valence-corrected chi connectivity index (χ2v) is 11.1. The molecule has 0 radical (unpaired) electrons. The molecule has 4 heterocycles. The molecule has 174 valence electrons. The van der Waals surface area contributed by atoms with Crippen LogP contribution in [0.2, 0.25) is 0 Å². The Balaban J connectivity index is 1.84. The van der Waals surface area contributed by atoms with Crippen molar-refractivity contribution in [3.05, 3.63) is 23.2 Å². The Bertz CT molecular complexity index is 1330. The standard InChI is InChI=1S/C19H26N12S2/c1-9-21-16(32-28-9)30-13(20)11(12(26-30)18(3,4)5)24-25-15-23-14(19(6,7)8)27-31(15)17-22-10(2)29-33-17/h20H2,1-8H3/b25-24+. The van der Waals surface area contributed by atoms with E-state index in [0.717, 1.165) is 0 Å². The highest BCUT2D eigenvalue weighted by atomic mass is 32.1. The van der Waals surface area contributed by atoms with Gasteiger partial charge in [-0.3, -0.25) is 0 Å². The maximum atomic E-state index is 6.46. The molecule has 4 rings (SSSR count). The van der Waals surface area contributed by atoms with E-state index in [2.05, 4.69) is 44.1 Å². The number of anilines is 1. The molecule has 4 aromatic rings. The number of nitrogens with two attached hydrogens (primary N) is 1. The molecule has 12 nitrogen and oxygen atoms in total. The smallest absolute Gasteiger partial charge is 0.274 e. The Hall–Kier alpha value is -3.13. The Morgan fingerprint density at radius 2 is 1.33 bits per heavy atom. The Kier molecular flexibility index (Phi) is 5.60. The quantitative estimate of drug-likeness (QED) is 0.418. The zero-order chi connectivity index (χ0) is 24.1. The van der Waals surface area contributed by atoms with Crippen LogP contribution in [0, 0.1) is 13.8 Å². The fraction of sp³-hybridized carbons (Fsp3) is 0.526. The predicted octanol–water partition coefficient (Wildman–Crippen LogP) is 4.37. The van der Waals surface area contributed by atoms with Crippen molar-refractivity contribution in [2.24, 2.45) is 10.2 Å². The second kappa shape index (κ2) is 8.02. The number of aryl methyl sites for hydroxylation is 2. The molecule has 0 spiro atoms. The lowest BCUT2D eigenvalue weighted by atomic mass is 9.91. The van der Waals surface area contributed by atoms with E-state index in [1.165, 1.54) is 23.1 Å². The maximum Gasteiger partial charge on any atom is 0.274 e. The Labute approximate surface area is 199 Å². The van der Waals surface area contributed by atoms with Crippen LogP contribution in [0.25, 0.3) is 10.3 Å². The molecule has 33 heavy (non-hydrogen) atoms. The van der Waals surface area contributed by atoms with E-state index in [-0.39, 0.29) is 16.8 Å². The van der Waals surface area contributed by atoms with Crippen LogP contribution >= 0.6 is 23.1 Å². The first-order valence-corrected chi connectivity index (χ1v) is 11.8. The molecule has 2 N–H and O–H groups in total. The average molecular weight is 487 g/mol. The predicted molar refractivity (Wildman–Crippen MR) is 127 cm³/mol. The van der Waals surface area contributed by atoms with Gasteiger partial charge in [-0.05, 0) is 13.8 Å². The van der Waals surface area contributed by atoms with Crippen LogP contribution < -0.4 is 5.73 Å². The normalized spacial score (nSPS) is 12.8. The SMILES string of the molecule is Cc1nsc(-n2nc(C(C)(C)C)nc2/N=N/c2c(C(C)(C)C)nn(-c3nc(C)ns3)c2N)n1. The summed E-state index contributed by atoms with van der Waals surface area (Å²) in [6.07, 6.45) is 0. The molecule has 0 aliphatic rings. The van der Waals surface area contributed by atoms with Gasteiger partial charge in [0, 0.05) is 33.9 Å². The first-order valence-electron chi connectivity index (χ1n) is 10.2. The van der Waals surface area contributed by atoms with Crippen molar-refractivity contribution < 1.29 is 0 Å². The summed E-state index contributed by atoms with van der Waals surface area (Å²) in [6, 6.07) is 0. The minimum Gasteiger partial charge on any atom is -0.382 e. The van der Waals surface area contributed by atoms with Gasteiger partial charge < -0.3 is 5.73 Å². The van der Waals surface area contributed by atoms with Gasteiger partial charge in [-0.25, -0.2) is 9.97 Å². The Morgan fingerprint density at radius 3 is 1.82 bits per heavy atom. The van der Waals surface area contributed by atoms with Crippen LogP contribution in [0.15, 0.2) is 10.2 Å². The van der Waals surface area contributed by atoms with E-state index in [4.69, 9.17) is 5.73 Å². The molecule has 4 aromatic heterocycles. The van der Waals surface area contributed by atoms with Crippen molar-refractivity contribution in [3.63, 3.8) is 0 Å². The third-order valence-electron chi connectivity index (χ3n) is 4.50. The number of azo groups is 1. The largest absolute Gasteiger partial charge is 0.382 e. The van der Waals surface area contributed by atoms with Crippen molar-refractivity contribution in [1.29, 1.82) is 0 Å². The van der Waals surface area contributed by atoms with Crippen LogP contribution in [-0.4, -0.2) is 43.3 Å². The topological polar surface area (TPSA) is 151 Å². The molecule has 0 aromatic carbocycles. The average Bonchev–Trinajstić information content (AvgIpc) is 3.45. The lowest BCUT2D eigenvalue weighted by Gasteiger charge is -2.15. The van der Waals surface area contributed by atoms with E-state index in [9.17, 15) is 0 Å². The van der Waals surface area contributed by atoms with Crippen LogP contribution in [0.1, 0.15) is 64.7 Å². The van der Waals surface area contributed by atoms with Gasteiger partial charge in [0.2, 0.25) is 10.3 Å². The van der Waals surface area contributed by atoms with Crippen LogP contribution in [0.5, 0.6) is 0 Å². The molecule has 0 saturated heterocycles. The number of aromatic nitrogens is 9. The highest BCUT2D eigenvalue weighted by Gasteiger charge is 2.28. The van der Waals surface area contributed by atoms with E-state index in [1.54, 1.807) is 9.36 Å². The summed E-state index contributed by atoms with van der Waals surface area (Å²) in [5.41, 5.74) is 6.97. The summed E-state index contributed by atoms with van der Waals surface area (Å²) in [6.45, 7) is 15.8. The lowest BCUT2D eigenvalue weighted by molar-refractivity contribution is 0.543. The molecule has 0 bridgehead atoms. The zero-order valence-electron chi connectivity index (χ0n) is 19.8. The number of hydrogen-bond donors (Lipinski definition) is 1. The van der Waals surface area contributed by atoms with Gasteiger partial charge in [-0.1, -0.05) is 41.5 Å². The van der Waals surface area contributed by atoms with Gasteiger partial charge >= 0.3 is 0 Å². The minimum atomic E-state index is -0.339.